The molecule has 0 unspecified atom stereocenters. The van der Waals surface area contributed by atoms with Crippen LogP contribution in [0.1, 0.15) is 17.3 Å². The molecule has 1 aromatic rings. The summed E-state index contributed by atoms with van der Waals surface area (Å²) in [5, 5.41) is 12.3. The molecule has 1 aromatic carbocycles. The topological polar surface area (TPSA) is 108 Å². The van der Waals surface area contributed by atoms with Gasteiger partial charge in [0.15, 0.2) is 5.78 Å². The van der Waals surface area contributed by atoms with Gasteiger partial charge in [0.05, 0.1) is 50.4 Å². The van der Waals surface area contributed by atoms with E-state index in [1.165, 1.54) is 18.9 Å². The molecule has 2 N–H and O–H groups in total. The van der Waals surface area contributed by atoms with Crippen molar-refractivity contribution in [2.24, 2.45) is 0 Å². The second kappa shape index (κ2) is 9.06. The highest BCUT2D eigenvalue weighted by Gasteiger charge is 2.35. The number of nitrogens with one attached hydrogen (secondary N) is 1. The summed E-state index contributed by atoms with van der Waals surface area (Å²) in [6, 6.07) is 5.24. The van der Waals surface area contributed by atoms with E-state index in [-0.39, 0.29) is 36.7 Å². The Bertz CT molecular complexity index is 845. The number of carbonyl (C=O) groups is 3. The summed E-state index contributed by atoms with van der Waals surface area (Å²) < 4.78 is 10.2. The zero-order chi connectivity index (χ0) is 21.0. The number of ketones is 1. The molecular weight excluding hydrogens is 378 g/mol. The molecule has 0 aliphatic carbocycles. The number of Topliss-reactive ketones (excluding diaryl/α,β-unsaturated/α-hetero) is 1. The Morgan fingerprint density at radius 3 is 2.62 bits per heavy atom. The van der Waals surface area contributed by atoms with Crippen LogP contribution in [0.5, 0.6) is 0 Å². The van der Waals surface area contributed by atoms with Gasteiger partial charge < -0.3 is 29.7 Å². The quantitative estimate of drug-likeness (QED) is 0.498. The number of rotatable bonds is 7. The lowest BCUT2D eigenvalue weighted by Gasteiger charge is -2.31. The Labute approximate surface area is 168 Å². The summed E-state index contributed by atoms with van der Waals surface area (Å²) in [4.78, 5) is 40.4. The number of amides is 1. The van der Waals surface area contributed by atoms with E-state index in [0.717, 1.165) is 5.69 Å². The van der Waals surface area contributed by atoms with Gasteiger partial charge in [-0.2, -0.15) is 0 Å². The highest BCUT2D eigenvalue weighted by atomic mass is 16.5. The van der Waals surface area contributed by atoms with Crippen molar-refractivity contribution in [3.8, 4) is 0 Å². The molecule has 0 spiro atoms. The molecule has 3 rings (SSSR count). The maximum absolute atomic E-state index is 12.8. The van der Waals surface area contributed by atoms with Crippen molar-refractivity contribution >= 4 is 29.0 Å². The third-order valence-electron chi connectivity index (χ3n) is 4.97. The van der Waals surface area contributed by atoms with Crippen LogP contribution in [0, 0.1) is 0 Å². The summed E-state index contributed by atoms with van der Waals surface area (Å²) in [6.07, 6.45) is 0. The largest absolute Gasteiger partial charge is 0.466 e. The van der Waals surface area contributed by atoms with Crippen LogP contribution < -0.4 is 10.2 Å². The van der Waals surface area contributed by atoms with Crippen molar-refractivity contribution < 1.29 is 29.0 Å². The Kier molecular flexibility index (Phi) is 6.50. The van der Waals surface area contributed by atoms with E-state index in [4.69, 9.17) is 9.47 Å². The summed E-state index contributed by atoms with van der Waals surface area (Å²) in [5.74, 6) is -1.12. The van der Waals surface area contributed by atoms with Crippen molar-refractivity contribution in [1.29, 1.82) is 0 Å². The lowest BCUT2D eigenvalue weighted by molar-refractivity contribution is -0.136. The number of methoxy groups -OCH3 is 1. The highest BCUT2D eigenvalue weighted by molar-refractivity contribution is 6.09. The Morgan fingerprint density at radius 1 is 1.28 bits per heavy atom. The number of β-amino-alcohol motifs (C(OH)–C–C–N with tert-alkyl or cyclic N) is 1. The molecule has 0 atom stereocenters. The lowest BCUT2D eigenvalue weighted by atomic mass is 10.1. The van der Waals surface area contributed by atoms with Gasteiger partial charge in [0.2, 0.25) is 0 Å². The molecule has 2 aliphatic rings. The first-order valence-electron chi connectivity index (χ1n) is 9.42. The van der Waals surface area contributed by atoms with E-state index >= 15 is 0 Å². The molecular formula is C20H25N3O6. The number of ether oxygens (including phenoxy) is 2. The molecule has 0 saturated carbocycles. The fraction of sp³-hybridized carbons (Fsp3) is 0.450. The van der Waals surface area contributed by atoms with Crippen molar-refractivity contribution in [2.45, 2.75) is 6.92 Å². The SMILES string of the molecule is COC(=O)C1=C(Nc2cc(C(C)=O)ccc2N2CCOCC2)C(=O)N(CCO)C1. The maximum atomic E-state index is 12.8. The second-order valence-corrected chi connectivity index (χ2v) is 6.81. The van der Waals surface area contributed by atoms with Gasteiger partial charge in [-0.15, -0.1) is 0 Å². The lowest BCUT2D eigenvalue weighted by Crippen LogP contribution is -2.37. The molecule has 1 saturated heterocycles. The Hall–Kier alpha value is -2.91. The van der Waals surface area contributed by atoms with Crippen LogP contribution in [-0.4, -0.2) is 80.8 Å². The van der Waals surface area contributed by atoms with Crippen molar-refractivity contribution in [2.75, 3.05) is 63.3 Å². The third kappa shape index (κ3) is 4.41. The van der Waals surface area contributed by atoms with Gasteiger partial charge in [-0.1, -0.05) is 0 Å². The minimum atomic E-state index is -0.614. The van der Waals surface area contributed by atoms with Crippen LogP contribution in [0.15, 0.2) is 29.5 Å². The average molecular weight is 403 g/mol. The van der Waals surface area contributed by atoms with Gasteiger partial charge in [0.25, 0.3) is 5.91 Å². The number of morpholine rings is 1. The fourth-order valence-corrected chi connectivity index (χ4v) is 3.42. The molecule has 1 fully saturated rings. The number of aliphatic hydroxyl groups excluding tert-OH is 1. The van der Waals surface area contributed by atoms with Crippen LogP contribution in [0.4, 0.5) is 11.4 Å². The van der Waals surface area contributed by atoms with Crippen molar-refractivity contribution in [1.82, 2.24) is 4.90 Å². The first-order chi connectivity index (χ1) is 14.0. The monoisotopic (exact) mass is 403 g/mol. The summed E-state index contributed by atoms with van der Waals surface area (Å²) in [7, 11) is 1.25. The van der Waals surface area contributed by atoms with Crippen molar-refractivity contribution in [3.63, 3.8) is 0 Å². The first-order valence-corrected chi connectivity index (χ1v) is 9.42. The van der Waals surface area contributed by atoms with E-state index in [1.54, 1.807) is 12.1 Å². The number of nitrogens with zero attached hydrogens (tertiary/aromatic N) is 2. The van der Waals surface area contributed by atoms with E-state index in [2.05, 4.69) is 10.2 Å². The Balaban J connectivity index is 2.01. The van der Waals surface area contributed by atoms with Gasteiger partial charge in [-0.3, -0.25) is 9.59 Å². The number of esters is 1. The van der Waals surface area contributed by atoms with Crippen LogP contribution in [0.2, 0.25) is 0 Å². The normalized spacial score (nSPS) is 17.0. The number of hydrogen-bond donors (Lipinski definition) is 2. The van der Waals surface area contributed by atoms with E-state index in [9.17, 15) is 19.5 Å². The van der Waals surface area contributed by atoms with Gasteiger partial charge in [0.1, 0.15) is 5.70 Å². The fourth-order valence-electron chi connectivity index (χ4n) is 3.42. The van der Waals surface area contributed by atoms with Crippen molar-refractivity contribution in [3.05, 3.63) is 35.0 Å². The first kappa shape index (κ1) is 20.8. The summed E-state index contributed by atoms with van der Waals surface area (Å²) >= 11 is 0. The van der Waals surface area contributed by atoms with Gasteiger partial charge in [-0.25, -0.2) is 4.79 Å². The van der Waals surface area contributed by atoms with E-state index < -0.39 is 11.9 Å². The van der Waals surface area contributed by atoms with Gasteiger partial charge in [-0.05, 0) is 25.1 Å². The molecule has 156 valence electrons. The van der Waals surface area contributed by atoms with Crippen LogP contribution >= 0.6 is 0 Å². The van der Waals surface area contributed by atoms with Gasteiger partial charge >= 0.3 is 5.97 Å². The molecule has 0 aromatic heterocycles. The van der Waals surface area contributed by atoms with E-state index in [1.807, 2.05) is 6.07 Å². The zero-order valence-corrected chi connectivity index (χ0v) is 16.6. The number of carbonyl (C=O) groups excluding carboxylic acids is 3. The maximum Gasteiger partial charge on any atom is 0.337 e. The minimum Gasteiger partial charge on any atom is -0.466 e. The minimum absolute atomic E-state index is 0.0493. The van der Waals surface area contributed by atoms with Crippen LogP contribution in [-0.2, 0) is 19.1 Å². The Morgan fingerprint density at radius 2 is 2.00 bits per heavy atom. The molecule has 9 nitrogen and oxygen atoms in total. The summed E-state index contributed by atoms with van der Waals surface area (Å²) in [5.41, 5.74) is 2.13. The third-order valence-corrected chi connectivity index (χ3v) is 4.97. The molecule has 9 heteroatoms. The zero-order valence-electron chi connectivity index (χ0n) is 16.6. The predicted octanol–water partition coefficient (Wildman–Crippen LogP) is 0.399. The van der Waals surface area contributed by atoms with Gasteiger partial charge in [0, 0.05) is 25.2 Å². The van der Waals surface area contributed by atoms with E-state index in [0.29, 0.717) is 37.6 Å². The number of aliphatic hydroxyl groups is 1. The van der Waals surface area contributed by atoms with Crippen LogP contribution in [0.3, 0.4) is 0 Å². The molecule has 0 bridgehead atoms. The standard InChI is InChI=1S/C20H25N3O6/c1-13(25)14-3-4-17(22-6-9-29-10-7-22)16(11-14)21-18-15(20(27)28-2)12-23(5-8-24)19(18)26/h3-4,11,21,24H,5-10,12H2,1-2H3. The average Bonchev–Trinajstić information content (AvgIpc) is 3.04. The number of anilines is 2. The second-order valence-electron chi connectivity index (χ2n) is 6.81. The number of benzene rings is 1. The predicted molar refractivity (Wildman–Crippen MR) is 106 cm³/mol. The molecule has 2 aliphatic heterocycles. The molecule has 0 radical (unpaired) electrons. The summed E-state index contributed by atoms with van der Waals surface area (Å²) in [6.45, 7) is 3.90. The molecule has 1 amide bonds. The highest BCUT2D eigenvalue weighted by Crippen LogP contribution is 2.32. The molecule has 2 heterocycles. The van der Waals surface area contributed by atoms with Crippen LogP contribution in [0.25, 0.3) is 0 Å². The molecule has 29 heavy (non-hydrogen) atoms. The smallest absolute Gasteiger partial charge is 0.337 e. The number of hydrogen-bond acceptors (Lipinski definition) is 8.